The van der Waals surface area contributed by atoms with Crippen LogP contribution in [0.3, 0.4) is 0 Å². The molecule has 1 nitrogen and oxygen atoms in total. The number of halogens is 2. The summed E-state index contributed by atoms with van der Waals surface area (Å²) in [6, 6.07) is 13.3. The molecular weight excluding hydrogens is 374 g/mol. The van der Waals surface area contributed by atoms with E-state index in [1.54, 1.807) is 11.3 Å². The number of hydrogen-bond donors (Lipinski definition) is 1. The van der Waals surface area contributed by atoms with E-state index >= 15 is 0 Å². The van der Waals surface area contributed by atoms with Gasteiger partial charge in [-0.2, -0.15) is 0 Å². The highest BCUT2D eigenvalue weighted by Crippen LogP contribution is 2.22. The second-order valence-electron chi connectivity index (χ2n) is 4.32. The van der Waals surface area contributed by atoms with Gasteiger partial charge in [-0.25, -0.2) is 0 Å². The molecule has 96 valence electrons. The molecule has 1 aromatic heterocycles. The fourth-order valence-corrected chi connectivity index (χ4v) is 3.47. The molecule has 0 spiro atoms. The van der Waals surface area contributed by atoms with Gasteiger partial charge in [0.05, 0.1) is 3.79 Å². The van der Waals surface area contributed by atoms with Crippen LogP contribution >= 0.6 is 43.2 Å². The smallest absolute Gasteiger partial charge is 0.0701 e. The van der Waals surface area contributed by atoms with E-state index in [9.17, 15) is 0 Å². The Morgan fingerprint density at radius 3 is 2.44 bits per heavy atom. The first-order valence-corrected chi connectivity index (χ1v) is 8.26. The second-order valence-corrected chi connectivity index (χ2v) is 7.78. The molecule has 0 aliphatic rings. The van der Waals surface area contributed by atoms with Crippen molar-refractivity contribution in [1.29, 1.82) is 0 Å². The van der Waals surface area contributed by atoms with E-state index < -0.39 is 0 Å². The van der Waals surface area contributed by atoms with E-state index in [-0.39, 0.29) is 0 Å². The van der Waals surface area contributed by atoms with E-state index in [1.807, 2.05) is 0 Å². The van der Waals surface area contributed by atoms with E-state index in [4.69, 9.17) is 0 Å². The lowest BCUT2D eigenvalue weighted by atomic mass is 10.1. The molecule has 0 bridgehead atoms. The first-order valence-electron chi connectivity index (χ1n) is 5.85. The fraction of sp³-hybridized carbons (Fsp3) is 0.286. The third kappa shape index (κ3) is 4.50. The Bertz CT molecular complexity index is 493. The molecule has 0 radical (unpaired) electrons. The predicted octanol–water partition coefficient (Wildman–Crippen LogP) is 4.99. The average molecular weight is 389 g/mol. The van der Waals surface area contributed by atoms with Crippen molar-refractivity contribution in [2.75, 3.05) is 0 Å². The first kappa shape index (κ1) is 14.3. The largest absolute Gasteiger partial charge is 0.309 e. The van der Waals surface area contributed by atoms with Gasteiger partial charge in [-0.3, -0.25) is 0 Å². The van der Waals surface area contributed by atoms with E-state index in [0.717, 1.165) is 17.4 Å². The zero-order chi connectivity index (χ0) is 13.0. The van der Waals surface area contributed by atoms with Crippen LogP contribution in [-0.4, -0.2) is 6.04 Å². The summed E-state index contributed by atoms with van der Waals surface area (Å²) < 4.78 is 2.33. The maximum absolute atomic E-state index is 3.55. The number of hydrogen-bond acceptors (Lipinski definition) is 2. The van der Waals surface area contributed by atoms with Crippen molar-refractivity contribution < 1.29 is 0 Å². The molecule has 0 fully saturated rings. The lowest BCUT2D eigenvalue weighted by molar-refractivity contribution is 0.549. The van der Waals surface area contributed by atoms with Crippen LogP contribution in [0.5, 0.6) is 0 Å². The molecule has 2 aromatic rings. The Morgan fingerprint density at radius 1 is 1.11 bits per heavy atom. The van der Waals surface area contributed by atoms with Gasteiger partial charge in [0.1, 0.15) is 0 Å². The quantitative estimate of drug-likeness (QED) is 0.760. The van der Waals surface area contributed by atoms with Gasteiger partial charge in [-0.1, -0.05) is 28.1 Å². The van der Waals surface area contributed by atoms with Gasteiger partial charge >= 0.3 is 0 Å². The second kappa shape index (κ2) is 6.85. The van der Waals surface area contributed by atoms with Crippen molar-refractivity contribution in [3.63, 3.8) is 0 Å². The average Bonchev–Trinajstić information content (AvgIpc) is 2.76. The van der Waals surface area contributed by atoms with Crippen LogP contribution in [-0.2, 0) is 13.0 Å². The fourth-order valence-electron chi connectivity index (χ4n) is 1.77. The maximum atomic E-state index is 3.55. The van der Waals surface area contributed by atoms with Gasteiger partial charge in [0.2, 0.25) is 0 Å². The van der Waals surface area contributed by atoms with Crippen LogP contribution in [0.25, 0.3) is 0 Å². The van der Waals surface area contributed by atoms with Gasteiger partial charge in [0.25, 0.3) is 0 Å². The van der Waals surface area contributed by atoms with Crippen molar-refractivity contribution in [3.05, 3.63) is 55.1 Å². The number of benzene rings is 1. The zero-order valence-electron chi connectivity index (χ0n) is 10.1. The summed E-state index contributed by atoms with van der Waals surface area (Å²) in [6.07, 6.45) is 1.06. The molecular formula is C14H15Br2NS. The standard InChI is InChI=1S/C14H15Br2NS/c1-10(8-11-2-4-12(15)5-3-11)17-9-13-6-7-14(16)18-13/h2-7,10,17H,8-9H2,1H3. The van der Waals surface area contributed by atoms with Gasteiger partial charge in [0, 0.05) is 21.9 Å². The van der Waals surface area contributed by atoms with Crippen LogP contribution in [0.4, 0.5) is 0 Å². The van der Waals surface area contributed by atoms with Crippen LogP contribution in [0.15, 0.2) is 44.7 Å². The Kier molecular flexibility index (Phi) is 5.42. The molecule has 4 heteroatoms. The van der Waals surface area contributed by atoms with Crippen molar-refractivity contribution in [1.82, 2.24) is 5.32 Å². The molecule has 1 atom stereocenters. The molecule has 0 aliphatic heterocycles. The maximum Gasteiger partial charge on any atom is 0.0701 e. The van der Waals surface area contributed by atoms with Crippen LogP contribution in [0.1, 0.15) is 17.4 Å². The lowest BCUT2D eigenvalue weighted by Crippen LogP contribution is -2.27. The molecule has 2 rings (SSSR count). The monoisotopic (exact) mass is 387 g/mol. The highest BCUT2D eigenvalue weighted by molar-refractivity contribution is 9.11. The summed E-state index contributed by atoms with van der Waals surface area (Å²) >= 11 is 8.73. The number of rotatable bonds is 5. The minimum atomic E-state index is 0.479. The topological polar surface area (TPSA) is 12.0 Å². The molecule has 1 aromatic carbocycles. The summed E-state index contributed by atoms with van der Waals surface area (Å²) in [5.41, 5.74) is 1.37. The van der Waals surface area contributed by atoms with Crippen LogP contribution in [0, 0.1) is 0 Å². The minimum Gasteiger partial charge on any atom is -0.309 e. The molecule has 1 heterocycles. The summed E-state index contributed by atoms with van der Waals surface area (Å²) in [5.74, 6) is 0. The summed E-state index contributed by atoms with van der Waals surface area (Å²) in [6.45, 7) is 3.17. The zero-order valence-corrected chi connectivity index (χ0v) is 14.1. The number of thiophene rings is 1. The molecule has 0 aliphatic carbocycles. The van der Waals surface area contributed by atoms with E-state index in [2.05, 4.69) is 80.5 Å². The minimum absolute atomic E-state index is 0.479. The molecule has 18 heavy (non-hydrogen) atoms. The summed E-state index contributed by atoms with van der Waals surface area (Å²) in [5, 5.41) is 3.55. The molecule has 1 unspecified atom stereocenters. The lowest BCUT2D eigenvalue weighted by Gasteiger charge is -2.13. The van der Waals surface area contributed by atoms with Gasteiger partial charge in [0.15, 0.2) is 0 Å². The van der Waals surface area contributed by atoms with Gasteiger partial charge < -0.3 is 5.32 Å². The van der Waals surface area contributed by atoms with E-state index in [1.165, 1.54) is 14.2 Å². The summed E-state index contributed by atoms with van der Waals surface area (Å²) in [7, 11) is 0. The first-order chi connectivity index (χ1) is 8.63. The third-order valence-electron chi connectivity index (χ3n) is 2.71. The Balaban J connectivity index is 1.81. The molecule has 0 saturated carbocycles. The van der Waals surface area contributed by atoms with Crippen molar-refractivity contribution in [3.8, 4) is 0 Å². The highest BCUT2D eigenvalue weighted by Gasteiger charge is 2.04. The normalized spacial score (nSPS) is 12.6. The molecule has 1 N–H and O–H groups in total. The van der Waals surface area contributed by atoms with Crippen molar-refractivity contribution in [2.24, 2.45) is 0 Å². The Hall–Kier alpha value is -0.160. The third-order valence-corrected chi connectivity index (χ3v) is 4.86. The SMILES string of the molecule is CC(Cc1ccc(Br)cc1)NCc1ccc(Br)s1. The Labute approximate surface area is 129 Å². The summed E-state index contributed by atoms with van der Waals surface area (Å²) in [4.78, 5) is 1.37. The van der Waals surface area contributed by atoms with Crippen LogP contribution < -0.4 is 5.32 Å². The van der Waals surface area contributed by atoms with E-state index in [0.29, 0.717) is 6.04 Å². The molecule has 0 amide bonds. The molecule has 0 saturated heterocycles. The van der Waals surface area contributed by atoms with Crippen molar-refractivity contribution >= 4 is 43.2 Å². The Morgan fingerprint density at radius 2 is 1.83 bits per heavy atom. The van der Waals surface area contributed by atoms with Crippen molar-refractivity contribution in [2.45, 2.75) is 25.9 Å². The van der Waals surface area contributed by atoms with Gasteiger partial charge in [-0.05, 0) is 59.1 Å². The van der Waals surface area contributed by atoms with Crippen LogP contribution in [0.2, 0.25) is 0 Å². The van der Waals surface area contributed by atoms with Gasteiger partial charge in [-0.15, -0.1) is 11.3 Å². The predicted molar refractivity (Wildman–Crippen MR) is 86.2 cm³/mol. The number of nitrogens with one attached hydrogen (secondary N) is 1. The highest BCUT2D eigenvalue weighted by atomic mass is 79.9.